The molecule has 0 aliphatic carbocycles. The number of hydrogen-bond acceptors (Lipinski definition) is 0. The van der Waals surface area contributed by atoms with Crippen molar-refractivity contribution < 1.29 is 0 Å². The lowest BCUT2D eigenvalue weighted by molar-refractivity contribution is 0.700. The van der Waals surface area contributed by atoms with E-state index >= 15 is 0 Å². The predicted octanol–water partition coefficient (Wildman–Crippen LogP) is 6.42. The summed E-state index contributed by atoms with van der Waals surface area (Å²) in [6, 6.07) is 9.11. The number of aryl methyl sites for hydroxylation is 1. The molecule has 1 unspecified atom stereocenters. The molecule has 0 amide bonds. The van der Waals surface area contributed by atoms with Gasteiger partial charge in [0.1, 0.15) is 0 Å². The van der Waals surface area contributed by atoms with E-state index < -0.39 is 0 Å². The highest BCUT2D eigenvalue weighted by Gasteiger charge is 2.03. The topological polar surface area (TPSA) is 0 Å². The van der Waals surface area contributed by atoms with Gasteiger partial charge in [0.15, 0.2) is 0 Å². The summed E-state index contributed by atoms with van der Waals surface area (Å²) < 4.78 is 0. The molecule has 1 atom stereocenters. The van der Waals surface area contributed by atoms with E-state index in [1.807, 2.05) is 0 Å². The molecule has 0 aromatic heterocycles. The van der Waals surface area contributed by atoms with Gasteiger partial charge in [-0.05, 0) is 42.4 Å². The molecule has 110 valence electrons. The van der Waals surface area contributed by atoms with Crippen molar-refractivity contribution in [3.63, 3.8) is 0 Å². The van der Waals surface area contributed by atoms with Crippen molar-refractivity contribution in [3.05, 3.63) is 53.1 Å². The lowest BCUT2D eigenvalue weighted by Crippen LogP contribution is -1.91. The lowest BCUT2D eigenvalue weighted by Gasteiger charge is -2.10. The number of rotatable bonds is 7. The van der Waals surface area contributed by atoms with E-state index in [0.29, 0.717) is 5.92 Å². The van der Waals surface area contributed by atoms with Gasteiger partial charge in [-0.2, -0.15) is 0 Å². The van der Waals surface area contributed by atoms with E-state index in [1.165, 1.54) is 41.5 Å². The molecule has 0 radical (unpaired) electrons. The van der Waals surface area contributed by atoms with Gasteiger partial charge in [0.25, 0.3) is 0 Å². The van der Waals surface area contributed by atoms with Gasteiger partial charge in [0.2, 0.25) is 0 Å². The second-order valence-electron chi connectivity index (χ2n) is 5.80. The Morgan fingerprint density at radius 1 is 1.10 bits per heavy atom. The minimum absolute atomic E-state index is 0.626. The Morgan fingerprint density at radius 2 is 1.75 bits per heavy atom. The van der Waals surface area contributed by atoms with Crippen LogP contribution in [0.15, 0.2) is 42.0 Å². The van der Waals surface area contributed by atoms with Crippen LogP contribution in [0.25, 0.3) is 5.57 Å². The van der Waals surface area contributed by atoms with Crippen molar-refractivity contribution in [2.24, 2.45) is 5.92 Å². The van der Waals surface area contributed by atoms with E-state index in [4.69, 9.17) is 0 Å². The van der Waals surface area contributed by atoms with E-state index in [-0.39, 0.29) is 0 Å². The fourth-order valence-electron chi connectivity index (χ4n) is 2.17. The molecular weight excluding hydrogens is 240 g/mol. The second-order valence-corrected chi connectivity index (χ2v) is 5.80. The van der Waals surface area contributed by atoms with Crippen molar-refractivity contribution in [3.8, 4) is 0 Å². The molecule has 1 aromatic rings. The predicted molar refractivity (Wildman–Crippen MR) is 91.9 cm³/mol. The van der Waals surface area contributed by atoms with E-state index in [2.05, 4.69) is 71.0 Å². The molecule has 0 saturated carbocycles. The number of allylic oxidation sites excluding steroid dienone is 4. The minimum atomic E-state index is 0.626. The number of benzene rings is 1. The molecule has 1 rings (SSSR count). The normalized spacial score (nSPS) is 14.4. The molecule has 1 aromatic carbocycles. The quantitative estimate of drug-likeness (QED) is 0.501. The summed E-state index contributed by atoms with van der Waals surface area (Å²) in [5.41, 5.74) is 5.60. The molecular formula is C20H30. The first-order chi connectivity index (χ1) is 9.60. The Kier molecular flexibility index (Phi) is 7.36. The summed E-state index contributed by atoms with van der Waals surface area (Å²) in [6.45, 7) is 11.2. The molecule has 0 spiro atoms. The molecule has 0 bridgehead atoms. The third kappa shape index (κ3) is 5.36. The molecule has 0 saturated heterocycles. The van der Waals surface area contributed by atoms with Crippen LogP contribution in [0.3, 0.4) is 0 Å². The van der Waals surface area contributed by atoms with Gasteiger partial charge >= 0.3 is 0 Å². The van der Waals surface area contributed by atoms with Gasteiger partial charge in [-0.25, -0.2) is 0 Å². The van der Waals surface area contributed by atoms with Crippen LogP contribution in [0.1, 0.15) is 65.0 Å². The third-order valence-electron chi connectivity index (χ3n) is 3.89. The first-order valence-electron chi connectivity index (χ1n) is 8.08. The van der Waals surface area contributed by atoms with Crippen LogP contribution < -0.4 is 0 Å². The highest BCUT2D eigenvalue weighted by atomic mass is 14.1. The molecule has 0 N–H and O–H groups in total. The molecule has 0 aliphatic rings. The van der Waals surface area contributed by atoms with Crippen molar-refractivity contribution in [2.45, 2.75) is 60.3 Å². The fourth-order valence-corrected chi connectivity index (χ4v) is 2.17. The zero-order valence-corrected chi connectivity index (χ0v) is 13.9. The summed E-state index contributed by atoms with van der Waals surface area (Å²) >= 11 is 0. The van der Waals surface area contributed by atoms with Gasteiger partial charge in [0.05, 0.1) is 0 Å². The van der Waals surface area contributed by atoms with Crippen molar-refractivity contribution in [1.82, 2.24) is 0 Å². The SMILES string of the molecule is CCCc1ccc(C(/C=C(/C)CC)=C/C(C)CC)cc1. The Morgan fingerprint density at radius 3 is 2.25 bits per heavy atom. The Balaban J connectivity index is 3.07. The maximum Gasteiger partial charge on any atom is -0.0187 e. The molecule has 0 fully saturated rings. The number of hydrogen-bond donors (Lipinski definition) is 0. The summed E-state index contributed by atoms with van der Waals surface area (Å²) in [7, 11) is 0. The Bertz CT molecular complexity index is 445. The van der Waals surface area contributed by atoms with E-state index in [9.17, 15) is 0 Å². The Hall–Kier alpha value is -1.30. The highest BCUT2D eigenvalue weighted by Crippen LogP contribution is 2.22. The van der Waals surface area contributed by atoms with Gasteiger partial charge < -0.3 is 0 Å². The van der Waals surface area contributed by atoms with Crippen LogP contribution in [0.2, 0.25) is 0 Å². The lowest BCUT2D eigenvalue weighted by atomic mass is 9.96. The van der Waals surface area contributed by atoms with E-state index in [0.717, 1.165) is 6.42 Å². The van der Waals surface area contributed by atoms with Crippen LogP contribution in [0.4, 0.5) is 0 Å². The smallest absolute Gasteiger partial charge is 0.0187 e. The first-order valence-corrected chi connectivity index (χ1v) is 8.08. The molecule has 0 heteroatoms. The summed E-state index contributed by atoms with van der Waals surface area (Å²) in [6.07, 6.45) is 9.45. The summed E-state index contributed by atoms with van der Waals surface area (Å²) in [5, 5.41) is 0. The standard InChI is InChI=1S/C20H30/c1-6-9-18-10-12-19(13-11-18)20(14-16(4)7-2)15-17(5)8-3/h10-16H,6-9H2,1-5H3/b17-15-,20-14+. The monoisotopic (exact) mass is 270 g/mol. The summed E-state index contributed by atoms with van der Waals surface area (Å²) in [4.78, 5) is 0. The maximum absolute atomic E-state index is 2.41. The average Bonchev–Trinajstić information content (AvgIpc) is 2.47. The van der Waals surface area contributed by atoms with Gasteiger partial charge in [-0.15, -0.1) is 0 Å². The van der Waals surface area contributed by atoms with Crippen LogP contribution in [0, 0.1) is 5.92 Å². The van der Waals surface area contributed by atoms with Crippen molar-refractivity contribution in [1.29, 1.82) is 0 Å². The minimum Gasteiger partial charge on any atom is -0.0738 e. The van der Waals surface area contributed by atoms with Crippen LogP contribution >= 0.6 is 0 Å². The summed E-state index contributed by atoms with van der Waals surface area (Å²) in [5.74, 6) is 0.626. The van der Waals surface area contributed by atoms with Crippen LogP contribution in [0.5, 0.6) is 0 Å². The third-order valence-corrected chi connectivity index (χ3v) is 3.89. The van der Waals surface area contributed by atoms with Crippen molar-refractivity contribution in [2.75, 3.05) is 0 Å². The molecule has 0 aliphatic heterocycles. The molecule has 0 heterocycles. The fraction of sp³-hybridized carbons (Fsp3) is 0.500. The zero-order valence-electron chi connectivity index (χ0n) is 13.9. The molecule has 0 nitrogen and oxygen atoms in total. The van der Waals surface area contributed by atoms with Gasteiger partial charge in [-0.3, -0.25) is 0 Å². The highest BCUT2D eigenvalue weighted by molar-refractivity contribution is 5.74. The first kappa shape index (κ1) is 16.8. The van der Waals surface area contributed by atoms with Crippen molar-refractivity contribution >= 4 is 5.57 Å². The van der Waals surface area contributed by atoms with Crippen LogP contribution in [-0.4, -0.2) is 0 Å². The van der Waals surface area contributed by atoms with Gasteiger partial charge in [-0.1, -0.05) is 82.5 Å². The van der Waals surface area contributed by atoms with Crippen LogP contribution in [-0.2, 0) is 6.42 Å². The molecule has 20 heavy (non-hydrogen) atoms. The second kappa shape index (κ2) is 8.79. The maximum atomic E-state index is 2.41. The van der Waals surface area contributed by atoms with Gasteiger partial charge in [0, 0.05) is 0 Å². The van der Waals surface area contributed by atoms with E-state index in [1.54, 1.807) is 0 Å². The zero-order chi connectivity index (χ0) is 15.0. The largest absolute Gasteiger partial charge is 0.0738 e. The Labute approximate surface area is 125 Å². The average molecular weight is 270 g/mol.